The Morgan fingerprint density at radius 2 is 2.33 bits per heavy atom. The molecule has 1 N–H and O–H groups in total. The summed E-state index contributed by atoms with van der Waals surface area (Å²) in [7, 11) is 1.39. The molecule has 12 heavy (non-hydrogen) atoms. The summed E-state index contributed by atoms with van der Waals surface area (Å²) in [4.78, 5) is 14.0. The van der Waals surface area contributed by atoms with Crippen molar-refractivity contribution in [3.63, 3.8) is 0 Å². The van der Waals surface area contributed by atoms with E-state index >= 15 is 0 Å². The summed E-state index contributed by atoms with van der Waals surface area (Å²) in [5.74, 6) is -0.264. The van der Waals surface area contributed by atoms with Crippen LogP contribution in [-0.2, 0) is 11.2 Å². The van der Waals surface area contributed by atoms with E-state index in [4.69, 9.17) is 0 Å². The molecule has 1 rings (SSSR count). The van der Waals surface area contributed by atoms with Gasteiger partial charge in [0.1, 0.15) is 0 Å². The Labute approximate surface area is 71.7 Å². The number of methoxy groups -OCH3 is 1. The average molecular weight is 167 g/mol. The fourth-order valence-electron chi connectivity index (χ4n) is 1.17. The lowest BCUT2D eigenvalue weighted by Gasteiger charge is -1.98. The molecule has 66 valence electrons. The second kappa shape index (κ2) is 3.95. The zero-order valence-corrected chi connectivity index (χ0v) is 7.39. The van der Waals surface area contributed by atoms with Gasteiger partial charge in [0.15, 0.2) is 0 Å². The smallest absolute Gasteiger partial charge is 0.339 e. The molecule has 0 unspecified atom stereocenters. The first-order valence-corrected chi connectivity index (χ1v) is 4.03. The van der Waals surface area contributed by atoms with E-state index in [1.54, 1.807) is 6.20 Å². The van der Waals surface area contributed by atoms with Crippen molar-refractivity contribution in [1.29, 1.82) is 0 Å². The molecule has 3 heteroatoms. The minimum absolute atomic E-state index is 0.264. The molecule has 0 aliphatic carbocycles. The van der Waals surface area contributed by atoms with Crippen LogP contribution in [0.3, 0.4) is 0 Å². The van der Waals surface area contributed by atoms with Crippen LogP contribution in [-0.4, -0.2) is 18.1 Å². The summed E-state index contributed by atoms with van der Waals surface area (Å²) < 4.78 is 4.62. The molecular formula is C9H13NO2. The van der Waals surface area contributed by atoms with Crippen LogP contribution in [0.1, 0.15) is 29.3 Å². The molecule has 0 saturated carbocycles. The lowest BCUT2D eigenvalue weighted by atomic mass is 10.1. The van der Waals surface area contributed by atoms with Crippen molar-refractivity contribution in [2.45, 2.75) is 19.8 Å². The molecule has 0 spiro atoms. The Morgan fingerprint density at radius 3 is 2.92 bits per heavy atom. The van der Waals surface area contributed by atoms with Crippen LogP contribution in [0.4, 0.5) is 0 Å². The van der Waals surface area contributed by atoms with Gasteiger partial charge in [-0.05, 0) is 12.0 Å². The molecule has 1 aromatic heterocycles. The fraction of sp³-hybridized carbons (Fsp3) is 0.444. The number of nitrogens with one attached hydrogen (secondary N) is 1. The van der Waals surface area contributed by atoms with E-state index < -0.39 is 0 Å². The number of aromatic amines is 1. The highest BCUT2D eigenvalue weighted by atomic mass is 16.5. The van der Waals surface area contributed by atoms with Crippen molar-refractivity contribution in [1.82, 2.24) is 4.98 Å². The molecule has 0 bridgehead atoms. The van der Waals surface area contributed by atoms with Gasteiger partial charge in [0, 0.05) is 12.4 Å². The maximum Gasteiger partial charge on any atom is 0.339 e. The summed E-state index contributed by atoms with van der Waals surface area (Å²) in [6, 6.07) is 0. The average Bonchev–Trinajstić information content (AvgIpc) is 2.52. The molecule has 0 radical (unpaired) electrons. The summed E-state index contributed by atoms with van der Waals surface area (Å²) >= 11 is 0. The molecule has 3 nitrogen and oxygen atoms in total. The van der Waals surface area contributed by atoms with Gasteiger partial charge in [0.25, 0.3) is 0 Å². The monoisotopic (exact) mass is 167 g/mol. The number of hydrogen-bond donors (Lipinski definition) is 1. The molecule has 0 aliphatic rings. The van der Waals surface area contributed by atoms with Crippen LogP contribution < -0.4 is 0 Å². The fourth-order valence-corrected chi connectivity index (χ4v) is 1.17. The zero-order chi connectivity index (χ0) is 8.97. The Morgan fingerprint density at radius 1 is 1.58 bits per heavy atom. The first kappa shape index (κ1) is 8.84. The lowest BCUT2D eigenvalue weighted by Crippen LogP contribution is -2.02. The molecule has 1 heterocycles. The normalized spacial score (nSPS) is 9.83. The van der Waals surface area contributed by atoms with Crippen LogP contribution in [0.15, 0.2) is 12.4 Å². The Balaban J connectivity index is 2.83. The van der Waals surface area contributed by atoms with Gasteiger partial charge in [-0.2, -0.15) is 0 Å². The van der Waals surface area contributed by atoms with E-state index in [1.807, 2.05) is 6.20 Å². The highest BCUT2D eigenvalue weighted by Gasteiger charge is 2.10. The van der Waals surface area contributed by atoms with E-state index in [-0.39, 0.29) is 5.97 Å². The molecule has 0 saturated heterocycles. The minimum Gasteiger partial charge on any atom is -0.465 e. The van der Waals surface area contributed by atoms with Crippen LogP contribution in [0.2, 0.25) is 0 Å². The number of carbonyl (C=O) groups excluding carboxylic acids is 1. The first-order valence-electron chi connectivity index (χ1n) is 4.03. The molecule has 0 amide bonds. The van der Waals surface area contributed by atoms with Crippen molar-refractivity contribution in [3.8, 4) is 0 Å². The number of ether oxygens (including phenoxy) is 1. The van der Waals surface area contributed by atoms with Crippen molar-refractivity contribution in [2.75, 3.05) is 7.11 Å². The van der Waals surface area contributed by atoms with Crippen molar-refractivity contribution in [2.24, 2.45) is 0 Å². The quantitative estimate of drug-likeness (QED) is 0.697. The molecule has 0 aliphatic heterocycles. The number of H-pyrrole nitrogens is 1. The number of aromatic nitrogens is 1. The third-order valence-electron chi connectivity index (χ3n) is 1.76. The summed E-state index contributed by atoms with van der Waals surface area (Å²) in [5.41, 5.74) is 1.68. The third-order valence-corrected chi connectivity index (χ3v) is 1.76. The number of hydrogen-bond acceptors (Lipinski definition) is 2. The van der Waals surface area contributed by atoms with Gasteiger partial charge in [0.05, 0.1) is 12.7 Å². The maximum absolute atomic E-state index is 11.1. The van der Waals surface area contributed by atoms with Crippen molar-refractivity contribution < 1.29 is 9.53 Å². The van der Waals surface area contributed by atoms with E-state index in [2.05, 4.69) is 16.6 Å². The number of carbonyl (C=O) groups is 1. The highest BCUT2D eigenvalue weighted by Crippen LogP contribution is 2.10. The van der Waals surface area contributed by atoms with Gasteiger partial charge in [-0.3, -0.25) is 0 Å². The van der Waals surface area contributed by atoms with Gasteiger partial charge in [-0.15, -0.1) is 0 Å². The Hall–Kier alpha value is -1.25. The predicted molar refractivity (Wildman–Crippen MR) is 46.1 cm³/mol. The highest BCUT2D eigenvalue weighted by molar-refractivity contribution is 5.90. The van der Waals surface area contributed by atoms with Gasteiger partial charge in [0.2, 0.25) is 0 Å². The summed E-state index contributed by atoms with van der Waals surface area (Å²) in [5, 5.41) is 0. The van der Waals surface area contributed by atoms with Gasteiger partial charge in [-0.25, -0.2) is 4.79 Å². The molecule has 1 aromatic rings. The lowest BCUT2D eigenvalue weighted by molar-refractivity contribution is 0.0600. The number of esters is 1. The SMILES string of the molecule is CCCc1c[nH]cc1C(=O)OC. The van der Waals surface area contributed by atoms with E-state index in [1.165, 1.54) is 7.11 Å². The minimum atomic E-state index is -0.264. The molecule has 0 fully saturated rings. The van der Waals surface area contributed by atoms with Gasteiger partial charge >= 0.3 is 5.97 Å². The van der Waals surface area contributed by atoms with Gasteiger partial charge < -0.3 is 9.72 Å². The Bertz CT molecular complexity index is 265. The molecule has 0 atom stereocenters. The maximum atomic E-state index is 11.1. The van der Waals surface area contributed by atoms with Crippen molar-refractivity contribution >= 4 is 5.97 Å². The second-order valence-electron chi connectivity index (χ2n) is 2.64. The predicted octanol–water partition coefficient (Wildman–Crippen LogP) is 1.75. The molecule has 0 aromatic carbocycles. The standard InChI is InChI=1S/C9H13NO2/c1-3-4-7-5-10-6-8(7)9(11)12-2/h5-6,10H,3-4H2,1-2H3. The number of aryl methyl sites for hydroxylation is 1. The second-order valence-corrected chi connectivity index (χ2v) is 2.64. The van der Waals surface area contributed by atoms with Crippen LogP contribution in [0, 0.1) is 0 Å². The Kier molecular flexibility index (Phi) is 2.91. The zero-order valence-electron chi connectivity index (χ0n) is 7.39. The summed E-state index contributed by atoms with van der Waals surface area (Å²) in [6.07, 6.45) is 5.46. The van der Waals surface area contributed by atoms with E-state index in [0.717, 1.165) is 18.4 Å². The first-order chi connectivity index (χ1) is 5.79. The van der Waals surface area contributed by atoms with E-state index in [9.17, 15) is 4.79 Å². The van der Waals surface area contributed by atoms with Gasteiger partial charge in [-0.1, -0.05) is 13.3 Å². The topological polar surface area (TPSA) is 42.1 Å². The van der Waals surface area contributed by atoms with Crippen molar-refractivity contribution in [3.05, 3.63) is 23.5 Å². The third kappa shape index (κ3) is 1.67. The summed E-state index contributed by atoms with van der Waals surface area (Å²) in [6.45, 7) is 2.08. The van der Waals surface area contributed by atoms with Crippen LogP contribution >= 0.6 is 0 Å². The number of rotatable bonds is 3. The van der Waals surface area contributed by atoms with Crippen LogP contribution in [0.25, 0.3) is 0 Å². The molecular weight excluding hydrogens is 154 g/mol. The van der Waals surface area contributed by atoms with Crippen LogP contribution in [0.5, 0.6) is 0 Å². The largest absolute Gasteiger partial charge is 0.465 e. The van der Waals surface area contributed by atoms with E-state index in [0.29, 0.717) is 5.56 Å².